The van der Waals surface area contributed by atoms with E-state index in [0.717, 1.165) is 0 Å². The molecule has 0 heterocycles. The second-order valence-corrected chi connectivity index (χ2v) is 4.09. The lowest BCUT2D eigenvalue weighted by Gasteiger charge is -2.26. The van der Waals surface area contributed by atoms with Crippen molar-refractivity contribution in [2.24, 2.45) is 11.5 Å². The maximum Gasteiger partial charge on any atom is 0.406 e. The Morgan fingerprint density at radius 1 is 1.35 bits per heavy atom. The molecular weight excluding hydrogens is 239 g/mol. The van der Waals surface area contributed by atoms with E-state index in [1.165, 1.54) is 0 Å². The van der Waals surface area contributed by atoms with Gasteiger partial charge in [-0.3, -0.25) is 9.59 Å². The number of rotatable bonds is 5. The average molecular weight is 253 g/mol. The summed E-state index contributed by atoms with van der Waals surface area (Å²) in [6.07, 6.45) is -3.85. The number of hydrogen-bond acceptors (Lipinski definition) is 3. The largest absolute Gasteiger partial charge is 0.406 e. The summed E-state index contributed by atoms with van der Waals surface area (Å²) >= 11 is 0. The highest BCUT2D eigenvalue weighted by atomic mass is 19.4. The third-order valence-corrected chi connectivity index (χ3v) is 2.36. The Bertz CT molecular complexity index is 315. The van der Waals surface area contributed by atoms with Gasteiger partial charge in [-0.1, -0.05) is 0 Å². The van der Waals surface area contributed by atoms with Crippen LogP contribution in [0.5, 0.6) is 0 Å². The first kappa shape index (κ1) is 13.8. The van der Waals surface area contributed by atoms with Gasteiger partial charge in [0.1, 0.15) is 6.54 Å². The Balaban J connectivity index is 2.63. The Kier molecular flexibility index (Phi) is 3.97. The first-order valence-corrected chi connectivity index (χ1v) is 5.12. The van der Waals surface area contributed by atoms with Gasteiger partial charge in [0.2, 0.25) is 11.8 Å². The van der Waals surface area contributed by atoms with Gasteiger partial charge >= 0.3 is 6.18 Å². The van der Waals surface area contributed by atoms with Crippen molar-refractivity contribution in [3.05, 3.63) is 0 Å². The van der Waals surface area contributed by atoms with E-state index in [4.69, 9.17) is 11.5 Å². The van der Waals surface area contributed by atoms with E-state index in [9.17, 15) is 22.8 Å². The number of carbonyl (C=O) groups excluding carboxylic acids is 2. The SMILES string of the molecule is NC(=O)CC(N)C(=O)N(CC(F)(F)F)C1CC1. The number of nitrogens with two attached hydrogens (primary N) is 2. The van der Waals surface area contributed by atoms with Gasteiger partial charge in [-0.25, -0.2) is 0 Å². The number of nitrogens with zero attached hydrogens (tertiary/aromatic N) is 1. The van der Waals surface area contributed by atoms with Gasteiger partial charge in [-0.2, -0.15) is 13.2 Å². The molecule has 0 radical (unpaired) electrons. The van der Waals surface area contributed by atoms with Crippen molar-refractivity contribution in [3.8, 4) is 0 Å². The van der Waals surface area contributed by atoms with Crippen LogP contribution in [0.2, 0.25) is 0 Å². The third kappa shape index (κ3) is 4.59. The summed E-state index contributed by atoms with van der Waals surface area (Å²) in [5.74, 6) is -1.68. The van der Waals surface area contributed by atoms with Crippen molar-refractivity contribution in [3.63, 3.8) is 0 Å². The van der Waals surface area contributed by atoms with Crippen LogP contribution in [0.4, 0.5) is 13.2 Å². The fourth-order valence-electron chi connectivity index (χ4n) is 1.48. The molecule has 1 saturated carbocycles. The molecule has 1 unspecified atom stereocenters. The lowest BCUT2D eigenvalue weighted by molar-refractivity contribution is -0.163. The molecule has 5 nitrogen and oxygen atoms in total. The van der Waals surface area contributed by atoms with Crippen LogP contribution in [0.3, 0.4) is 0 Å². The highest BCUT2D eigenvalue weighted by molar-refractivity contribution is 5.88. The van der Waals surface area contributed by atoms with Crippen molar-refractivity contribution in [2.75, 3.05) is 6.54 Å². The molecule has 0 bridgehead atoms. The fourth-order valence-corrected chi connectivity index (χ4v) is 1.48. The van der Waals surface area contributed by atoms with Crippen LogP contribution < -0.4 is 11.5 Å². The third-order valence-electron chi connectivity index (χ3n) is 2.36. The standard InChI is InChI=1S/C9H14F3N3O2/c10-9(11,12)4-15(5-1-2-5)8(17)6(13)3-7(14)16/h5-6H,1-4,13H2,(H2,14,16). The van der Waals surface area contributed by atoms with E-state index in [0.29, 0.717) is 17.7 Å². The van der Waals surface area contributed by atoms with E-state index in [1.54, 1.807) is 0 Å². The molecule has 0 aromatic carbocycles. The van der Waals surface area contributed by atoms with E-state index < -0.39 is 43.0 Å². The second-order valence-electron chi connectivity index (χ2n) is 4.09. The monoisotopic (exact) mass is 253 g/mol. The number of primary amides is 1. The minimum absolute atomic E-state index is 0.414. The van der Waals surface area contributed by atoms with Gasteiger partial charge in [0.25, 0.3) is 0 Å². The number of amides is 2. The maximum atomic E-state index is 12.3. The van der Waals surface area contributed by atoms with Crippen LogP contribution in [-0.4, -0.2) is 41.5 Å². The van der Waals surface area contributed by atoms with Crippen LogP contribution >= 0.6 is 0 Å². The number of alkyl halides is 3. The minimum atomic E-state index is -4.47. The van der Waals surface area contributed by atoms with E-state index >= 15 is 0 Å². The lowest BCUT2D eigenvalue weighted by atomic mass is 10.2. The zero-order valence-electron chi connectivity index (χ0n) is 9.04. The summed E-state index contributed by atoms with van der Waals surface area (Å²) in [6, 6.07) is -1.71. The van der Waals surface area contributed by atoms with Gasteiger partial charge < -0.3 is 16.4 Å². The summed E-state index contributed by atoms with van der Waals surface area (Å²) in [5.41, 5.74) is 10.2. The predicted octanol–water partition coefficient (Wildman–Crippen LogP) is -0.258. The second kappa shape index (κ2) is 4.91. The van der Waals surface area contributed by atoms with Crippen molar-refractivity contribution in [2.45, 2.75) is 37.5 Å². The van der Waals surface area contributed by atoms with E-state index in [1.807, 2.05) is 0 Å². The summed E-state index contributed by atoms with van der Waals surface area (Å²) in [6.45, 7) is -1.33. The van der Waals surface area contributed by atoms with Gasteiger partial charge in [0, 0.05) is 6.04 Å². The van der Waals surface area contributed by atoms with Crippen molar-refractivity contribution < 1.29 is 22.8 Å². The summed E-state index contributed by atoms with van der Waals surface area (Å²) in [4.78, 5) is 22.9. The molecule has 98 valence electrons. The first-order valence-electron chi connectivity index (χ1n) is 5.12. The molecule has 0 spiro atoms. The molecule has 0 aliphatic heterocycles. The molecule has 1 rings (SSSR count). The molecule has 4 N–H and O–H groups in total. The molecule has 1 fully saturated rings. The highest BCUT2D eigenvalue weighted by Crippen LogP contribution is 2.30. The molecule has 17 heavy (non-hydrogen) atoms. The Hall–Kier alpha value is -1.31. The molecule has 1 aliphatic rings. The molecule has 1 atom stereocenters. The van der Waals surface area contributed by atoms with Crippen LogP contribution in [0, 0.1) is 0 Å². The summed E-state index contributed by atoms with van der Waals surface area (Å²) in [7, 11) is 0. The van der Waals surface area contributed by atoms with Crippen LogP contribution in [0.15, 0.2) is 0 Å². The van der Waals surface area contributed by atoms with E-state index in [-0.39, 0.29) is 0 Å². The van der Waals surface area contributed by atoms with Crippen molar-refractivity contribution in [1.82, 2.24) is 4.90 Å². The van der Waals surface area contributed by atoms with Gasteiger partial charge in [-0.15, -0.1) is 0 Å². The Labute approximate surface area is 95.9 Å². The van der Waals surface area contributed by atoms with Crippen molar-refractivity contribution in [1.29, 1.82) is 0 Å². The fraction of sp³-hybridized carbons (Fsp3) is 0.778. The molecular formula is C9H14F3N3O2. The molecule has 2 amide bonds. The van der Waals surface area contributed by atoms with Crippen LogP contribution in [0.1, 0.15) is 19.3 Å². The zero-order chi connectivity index (χ0) is 13.2. The molecule has 1 aliphatic carbocycles. The van der Waals surface area contributed by atoms with Gasteiger partial charge in [0.15, 0.2) is 0 Å². The smallest absolute Gasteiger partial charge is 0.370 e. The quantitative estimate of drug-likeness (QED) is 0.707. The highest BCUT2D eigenvalue weighted by Gasteiger charge is 2.41. The Morgan fingerprint density at radius 3 is 2.24 bits per heavy atom. The predicted molar refractivity (Wildman–Crippen MR) is 52.6 cm³/mol. The first-order chi connectivity index (χ1) is 7.70. The normalized spacial score (nSPS) is 17.6. The number of halogens is 3. The summed E-state index contributed by atoms with van der Waals surface area (Å²) in [5, 5.41) is 0. The van der Waals surface area contributed by atoms with Crippen molar-refractivity contribution >= 4 is 11.8 Å². The number of carbonyl (C=O) groups is 2. The molecule has 0 aromatic rings. The zero-order valence-corrected chi connectivity index (χ0v) is 9.04. The maximum absolute atomic E-state index is 12.3. The lowest BCUT2D eigenvalue weighted by Crippen LogP contribution is -2.49. The van der Waals surface area contributed by atoms with Crippen LogP contribution in [-0.2, 0) is 9.59 Å². The molecule has 8 heteroatoms. The Morgan fingerprint density at radius 2 is 1.88 bits per heavy atom. The number of hydrogen-bond donors (Lipinski definition) is 2. The van der Waals surface area contributed by atoms with Gasteiger partial charge in [-0.05, 0) is 12.8 Å². The van der Waals surface area contributed by atoms with Gasteiger partial charge in [0.05, 0.1) is 12.5 Å². The van der Waals surface area contributed by atoms with Crippen LogP contribution in [0.25, 0.3) is 0 Å². The average Bonchev–Trinajstić information content (AvgIpc) is 2.93. The topological polar surface area (TPSA) is 89.4 Å². The molecule has 0 saturated heterocycles. The minimum Gasteiger partial charge on any atom is -0.370 e. The summed E-state index contributed by atoms with van der Waals surface area (Å²) < 4.78 is 36.8. The van der Waals surface area contributed by atoms with E-state index in [2.05, 4.69) is 0 Å². The molecule has 0 aromatic heterocycles.